The van der Waals surface area contributed by atoms with Crippen molar-refractivity contribution >= 4 is 17.7 Å². The maximum Gasteiger partial charge on any atom is 0.239 e. The minimum absolute atomic E-state index is 0.0143. The second-order valence-corrected chi connectivity index (χ2v) is 5.46. The zero-order valence-electron chi connectivity index (χ0n) is 11.3. The Kier molecular flexibility index (Phi) is 6.22. The summed E-state index contributed by atoms with van der Waals surface area (Å²) in [6.45, 7) is 2.05. The molecular formula is C14H22N2OS. The van der Waals surface area contributed by atoms with Crippen LogP contribution in [0, 0.1) is 0 Å². The van der Waals surface area contributed by atoms with Crippen molar-refractivity contribution in [2.45, 2.75) is 25.4 Å². The molecule has 0 aliphatic heterocycles. The van der Waals surface area contributed by atoms with E-state index in [1.54, 1.807) is 16.7 Å². The molecule has 0 heterocycles. The number of nitrogens with two attached hydrogens (primary N) is 1. The summed E-state index contributed by atoms with van der Waals surface area (Å²) in [5.74, 6) is 0.945. The Balaban J connectivity index is 2.56. The third-order valence-electron chi connectivity index (χ3n) is 3.03. The Morgan fingerprint density at radius 2 is 2.00 bits per heavy atom. The first kappa shape index (κ1) is 15.1. The van der Waals surface area contributed by atoms with Crippen LogP contribution in [0.3, 0.4) is 0 Å². The third kappa shape index (κ3) is 4.35. The maximum atomic E-state index is 12.2. The average Bonchev–Trinajstić information content (AvgIpc) is 2.38. The Labute approximate surface area is 114 Å². The smallest absolute Gasteiger partial charge is 0.239 e. The van der Waals surface area contributed by atoms with Crippen molar-refractivity contribution < 1.29 is 4.79 Å². The normalized spacial score (nSPS) is 14.0. The lowest BCUT2D eigenvalue weighted by Crippen LogP contribution is -2.47. The van der Waals surface area contributed by atoms with E-state index in [1.165, 1.54) is 0 Å². The molecule has 0 spiro atoms. The van der Waals surface area contributed by atoms with E-state index in [-0.39, 0.29) is 11.9 Å². The molecule has 4 heteroatoms. The lowest BCUT2D eigenvalue weighted by atomic mass is 10.1. The van der Waals surface area contributed by atoms with Gasteiger partial charge in [0.1, 0.15) is 0 Å². The maximum absolute atomic E-state index is 12.2. The molecule has 0 aliphatic rings. The number of carbonyl (C=O) groups is 1. The predicted octanol–water partition coefficient (Wildman–Crippen LogP) is 1.77. The van der Waals surface area contributed by atoms with E-state index in [1.807, 2.05) is 50.6 Å². The van der Waals surface area contributed by atoms with Crippen LogP contribution in [-0.4, -0.2) is 41.9 Å². The van der Waals surface area contributed by atoms with Crippen LogP contribution >= 0.6 is 11.8 Å². The minimum Gasteiger partial charge on any atom is -0.341 e. The van der Waals surface area contributed by atoms with Crippen LogP contribution in [0.5, 0.6) is 0 Å². The van der Waals surface area contributed by atoms with Crippen LogP contribution in [0.4, 0.5) is 0 Å². The molecule has 2 atom stereocenters. The number of hydrogen-bond acceptors (Lipinski definition) is 3. The molecule has 0 aliphatic carbocycles. The van der Waals surface area contributed by atoms with E-state index in [9.17, 15) is 4.79 Å². The second-order valence-electron chi connectivity index (χ2n) is 4.55. The molecule has 3 nitrogen and oxygen atoms in total. The molecule has 18 heavy (non-hydrogen) atoms. The van der Waals surface area contributed by atoms with E-state index in [0.717, 1.165) is 11.3 Å². The Bertz CT molecular complexity index is 369. The highest BCUT2D eigenvalue weighted by atomic mass is 32.2. The first-order chi connectivity index (χ1) is 8.56. The van der Waals surface area contributed by atoms with E-state index in [2.05, 4.69) is 0 Å². The average molecular weight is 266 g/mol. The zero-order valence-corrected chi connectivity index (χ0v) is 12.1. The van der Waals surface area contributed by atoms with Crippen LogP contribution in [0.15, 0.2) is 30.3 Å². The fraction of sp³-hybridized carbons (Fsp3) is 0.500. The summed E-state index contributed by atoms with van der Waals surface area (Å²) in [6, 6.07) is 9.65. The predicted molar refractivity (Wildman–Crippen MR) is 78.7 cm³/mol. The van der Waals surface area contributed by atoms with Gasteiger partial charge in [-0.05, 0) is 25.2 Å². The Morgan fingerprint density at radius 1 is 1.39 bits per heavy atom. The highest BCUT2D eigenvalue weighted by molar-refractivity contribution is 7.98. The molecule has 0 saturated carbocycles. The number of likely N-dealkylation sites (N-methyl/N-ethyl adjacent to an activating group) is 1. The number of hydrogen-bond donors (Lipinski definition) is 1. The Morgan fingerprint density at radius 3 is 2.56 bits per heavy atom. The molecule has 1 aromatic rings. The molecule has 1 unspecified atom stereocenters. The fourth-order valence-electron chi connectivity index (χ4n) is 1.79. The zero-order chi connectivity index (χ0) is 13.5. The van der Waals surface area contributed by atoms with E-state index < -0.39 is 6.04 Å². The van der Waals surface area contributed by atoms with Gasteiger partial charge in [-0.15, -0.1) is 0 Å². The van der Waals surface area contributed by atoms with Gasteiger partial charge in [-0.25, -0.2) is 0 Å². The van der Waals surface area contributed by atoms with E-state index >= 15 is 0 Å². The number of carbonyl (C=O) groups excluding carboxylic acids is 1. The van der Waals surface area contributed by atoms with Crippen LogP contribution in [0.1, 0.15) is 12.5 Å². The number of thioether (sulfide) groups is 1. The van der Waals surface area contributed by atoms with Gasteiger partial charge in [0, 0.05) is 18.8 Å². The van der Waals surface area contributed by atoms with Gasteiger partial charge in [0.25, 0.3) is 0 Å². The fourth-order valence-corrected chi connectivity index (χ4v) is 2.49. The quantitative estimate of drug-likeness (QED) is 0.853. The van der Waals surface area contributed by atoms with Crippen LogP contribution in [0.2, 0.25) is 0 Å². The summed E-state index contributed by atoms with van der Waals surface area (Å²) in [5.41, 5.74) is 7.09. The molecule has 1 aromatic carbocycles. The van der Waals surface area contributed by atoms with Crippen molar-refractivity contribution in [1.82, 2.24) is 4.90 Å². The van der Waals surface area contributed by atoms with Crippen molar-refractivity contribution in [2.75, 3.05) is 19.1 Å². The van der Waals surface area contributed by atoms with Crippen LogP contribution < -0.4 is 5.73 Å². The van der Waals surface area contributed by atoms with Gasteiger partial charge in [-0.2, -0.15) is 11.8 Å². The monoisotopic (exact) mass is 266 g/mol. The summed E-state index contributed by atoms with van der Waals surface area (Å²) >= 11 is 1.74. The Hall–Kier alpha value is -1.00. The number of nitrogens with zero attached hydrogens (tertiary/aromatic N) is 1. The highest BCUT2D eigenvalue weighted by Crippen LogP contribution is 2.08. The van der Waals surface area contributed by atoms with Crippen molar-refractivity contribution in [3.63, 3.8) is 0 Å². The lowest BCUT2D eigenvalue weighted by molar-refractivity contribution is -0.132. The molecule has 2 N–H and O–H groups in total. The molecule has 1 amide bonds. The lowest BCUT2D eigenvalue weighted by Gasteiger charge is -2.27. The van der Waals surface area contributed by atoms with Gasteiger partial charge in [0.2, 0.25) is 5.91 Å². The minimum atomic E-state index is -0.457. The summed E-state index contributed by atoms with van der Waals surface area (Å²) in [4.78, 5) is 13.9. The second kappa shape index (κ2) is 7.44. The standard InChI is InChI=1S/C14H22N2OS/c1-11(10-18-3)16(2)14(17)13(15)9-12-7-5-4-6-8-12/h4-8,11,13H,9-10,15H2,1-3H3/t11?,13-/m1/s1. The van der Waals surface area contributed by atoms with Gasteiger partial charge in [-0.1, -0.05) is 30.3 Å². The molecule has 0 fully saturated rings. The molecule has 0 bridgehead atoms. The summed E-state index contributed by atoms with van der Waals surface area (Å²) < 4.78 is 0. The van der Waals surface area contributed by atoms with Crippen molar-refractivity contribution in [2.24, 2.45) is 5.73 Å². The van der Waals surface area contributed by atoms with Crippen LogP contribution in [-0.2, 0) is 11.2 Å². The number of benzene rings is 1. The van der Waals surface area contributed by atoms with E-state index in [0.29, 0.717) is 6.42 Å². The van der Waals surface area contributed by atoms with Crippen LogP contribution in [0.25, 0.3) is 0 Å². The van der Waals surface area contributed by atoms with Gasteiger partial charge in [0.05, 0.1) is 6.04 Å². The van der Waals surface area contributed by atoms with Crippen molar-refractivity contribution in [3.8, 4) is 0 Å². The highest BCUT2D eigenvalue weighted by Gasteiger charge is 2.21. The molecule has 0 aromatic heterocycles. The summed E-state index contributed by atoms with van der Waals surface area (Å²) in [5, 5.41) is 0. The summed E-state index contributed by atoms with van der Waals surface area (Å²) in [7, 11) is 1.83. The molecule has 0 radical (unpaired) electrons. The molecular weight excluding hydrogens is 244 g/mol. The van der Waals surface area contributed by atoms with Gasteiger partial charge in [-0.3, -0.25) is 4.79 Å². The third-order valence-corrected chi connectivity index (χ3v) is 3.85. The van der Waals surface area contributed by atoms with Crippen molar-refractivity contribution in [3.05, 3.63) is 35.9 Å². The number of rotatable bonds is 6. The topological polar surface area (TPSA) is 46.3 Å². The summed E-state index contributed by atoms with van der Waals surface area (Å²) in [6.07, 6.45) is 2.63. The SMILES string of the molecule is CSCC(C)N(C)C(=O)[C@H](N)Cc1ccccc1. The van der Waals surface area contributed by atoms with Gasteiger partial charge in [0.15, 0.2) is 0 Å². The van der Waals surface area contributed by atoms with Crippen molar-refractivity contribution in [1.29, 1.82) is 0 Å². The van der Waals surface area contributed by atoms with E-state index in [4.69, 9.17) is 5.73 Å². The number of amides is 1. The van der Waals surface area contributed by atoms with Gasteiger partial charge < -0.3 is 10.6 Å². The largest absolute Gasteiger partial charge is 0.341 e. The van der Waals surface area contributed by atoms with Gasteiger partial charge >= 0.3 is 0 Å². The first-order valence-electron chi connectivity index (χ1n) is 6.11. The molecule has 0 saturated heterocycles. The molecule has 1 rings (SSSR count). The first-order valence-corrected chi connectivity index (χ1v) is 7.50. The molecule has 100 valence electrons.